The number of nitrogens with one attached hydrogen (secondary N) is 1. The first-order chi connectivity index (χ1) is 6.24. The summed E-state index contributed by atoms with van der Waals surface area (Å²) < 4.78 is 0. The summed E-state index contributed by atoms with van der Waals surface area (Å²) in [5.41, 5.74) is 0. The van der Waals surface area contributed by atoms with E-state index in [9.17, 15) is 0 Å². The van der Waals surface area contributed by atoms with Gasteiger partial charge in [-0.3, -0.25) is 0 Å². The molecule has 2 atom stereocenters. The van der Waals surface area contributed by atoms with Gasteiger partial charge in [0.25, 0.3) is 0 Å². The second kappa shape index (κ2) is 5.14. The van der Waals surface area contributed by atoms with Crippen molar-refractivity contribution >= 4 is 11.3 Å². The summed E-state index contributed by atoms with van der Waals surface area (Å²) in [6, 6.07) is 0.811. The molecule has 0 aromatic carbocycles. The van der Waals surface area contributed by atoms with Crippen molar-refractivity contribution in [2.24, 2.45) is 0 Å². The van der Waals surface area contributed by atoms with Crippen LogP contribution in [0.1, 0.15) is 31.3 Å². The molecule has 1 N–H and O–H groups in total. The van der Waals surface area contributed by atoms with Gasteiger partial charge >= 0.3 is 0 Å². The molecule has 1 aromatic rings. The Kier molecular flexibility index (Phi) is 4.12. The molecule has 1 heterocycles. The Morgan fingerprint density at radius 2 is 2.46 bits per heavy atom. The number of nitrogens with zero attached hydrogens (tertiary/aromatic N) is 1. The van der Waals surface area contributed by atoms with E-state index in [1.54, 1.807) is 11.3 Å². The van der Waals surface area contributed by atoms with Crippen molar-refractivity contribution in [3.05, 3.63) is 29.2 Å². The van der Waals surface area contributed by atoms with Crippen molar-refractivity contribution in [3.8, 4) is 0 Å². The second-order valence-corrected chi connectivity index (χ2v) is 4.11. The fourth-order valence-electron chi connectivity index (χ4n) is 1.26. The summed E-state index contributed by atoms with van der Waals surface area (Å²) in [7, 11) is 0. The van der Waals surface area contributed by atoms with Crippen LogP contribution in [0.15, 0.2) is 24.2 Å². The summed E-state index contributed by atoms with van der Waals surface area (Å²) in [4.78, 5) is 4.26. The lowest BCUT2D eigenvalue weighted by Gasteiger charge is -2.16. The van der Waals surface area contributed by atoms with Gasteiger partial charge in [0.15, 0.2) is 0 Å². The average Bonchev–Trinajstić information content (AvgIpc) is 2.55. The highest BCUT2D eigenvalue weighted by molar-refractivity contribution is 7.09. The Morgan fingerprint density at radius 1 is 1.69 bits per heavy atom. The van der Waals surface area contributed by atoms with Crippen LogP contribution in [0.4, 0.5) is 0 Å². The van der Waals surface area contributed by atoms with Crippen molar-refractivity contribution < 1.29 is 0 Å². The number of thiazole rings is 1. The second-order valence-electron chi connectivity index (χ2n) is 3.18. The van der Waals surface area contributed by atoms with E-state index in [4.69, 9.17) is 0 Å². The third kappa shape index (κ3) is 3.28. The molecule has 1 aromatic heterocycles. The molecule has 0 aliphatic carbocycles. The molecule has 3 heteroatoms. The average molecular weight is 196 g/mol. The van der Waals surface area contributed by atoms with Crippen molar-refractivity contribution in [1.82, 2.24) is 10.3 Å². The summed E-state index contributed by atoms with van der Waals surface area (Å²) in [6.45, 7) is 8.01. The molecular formula is C10H16N2S. The molecule has 0 amide bonds. The molecule has 0 saturated carbocycles. The van der Waals surface area contributed by atoms with Crippen LogP contribution in [-0.4, -0.2) is 11.0 Å². The molecule has 0 aliphatic rings. The van der Waals surface area contributed by atoms with Gasteiger partial charge in [0.1, 0.15) is 5.01 Å². The van der Waals surface area contributed by atoms with E-state index >= 15 is 0 Å². The molecule has 0 fully saturated rings. The van der Waals surface area contributed by atoms with Gasteiger partial charge in [-0.2, -0.15) is 0 Å². The number of rotatable bonds is 5. The fraction of sp³-hybridized carbons (Fsp3) is 0.500. The molecule has 2 unspecified atom stereocenters. The highest BCUT2D eigenvalue weighted by Gasteiger charge is 2.09. The van der Waals surface area contributed by atoms with Gasteiger partial charge in [-0.15, -0.1) is 17.9 Å². The van der Waals surface area contributed by atoms with E-state index in [1.165, 1.54) is 0 Å². The molecule has 2 nitrogen and oxygen atoms in total. The van der Waals surface area contributed by atoms with E-state index in [-0.39, 0.29) is 0 Å². The van der Waals surface area contributed by atoms with Crippen LogP contribution in [0.25, 0.3) is 0 Å². The maximum absolute atomic E-state index is 4.26. The predicted octanol–water partition coefficient (Wildman–Crippen LogP) is 2.76. The molecule has 0 radical (unpaired) electrons. The predicted molar refractivity (Wildman–Crippen MR) is 57.9 cm³/mol. The Labute approximate surface area is 83.7 Å². The lowest BCUT2D eigenvalue weighted by atomic mass is 10.2. The lowest BCUT2D eigenvalue weighted by molar-refractivity contribution is 0.481. The van der Waals surface area contributed by atoms with Crippen molar-refractivity contribution in [2.75, 3.05) is 0 Å². The van der Waals surface area contributed by atoms with E-state index in [0.29, 0.717) is 12.1 Å². The zero-order valence-corrected chi connectivity index (χ0v) is 8.97. The van der Waals surface area contributed by atoms with Gasteiger partial charge in [-0.1, -0.05) is 6.08 Å². The van der Waals surface area contributed by atoms with Crippen LogP contribution in [0.3, 0.4) is 0 Å². The van der Waals surface area contributed by atoms with E-state index in [1.807, 2.05) is 17.7 Å². The third-order valence-electron chi connectivity index (χ3n) is 1.88. The first-order valence-electron chi connectivity index (χ1n) is 4.50. The summed E-state index contributed by atoms with van der Waals surface area (Å²) >= 11 is 1.69. The van der Waals surface area contributed by atoms with Gasteiger partial charge in [-0.25, -0.2) is 4.98 Å². The summed E-state index contributed by atoms with van der Waals surface area (Å²) in [5, 5.41) is 6.61. The van der Waals surface area contributed by atoms with Crippen LogP contribution >= 0.6 is 11.3 Å². The Balaban J connectivity index is 2.41. The molecule has 72 valence electrons. The Hall–Kier alpha value is -0.670. The first-order valence-corrected chi connectivity index (χ1v) is 5.38. The molecule has 13 heavy (non-hydrogen) atoms. The normalized spacial score (nSPS) is 15.2. The quantitative estimate of drug-likeness (QED) is 0.732. The highest BCUT2D eigenvalue weighted by atomic mass is 32.1. The van der Waals surface area contributed by atoms with Gasteiger partial charge < -0.3 is 5.32 Å². The summed E-state index contributed by atoms with van der Waals surface area (Å²) in [6.07, 6.45) is 4.78. The minimum absolute atomic E-state index is 0.343. The topological polar surface area (TPSA) is 24.9 Å². The van der Waals surface area contributed by atoms with E-state index in [0.717, 1.165) is 11.4 Å². The molecule has 1 rings (SSSR count). The Morgan fingerprint density at radius 3 is 3.00 bits per heavy atom. The minimum atomic E-state index is 0.343. The van der Waals surface area contributed by atoms with Gasteiger partial charge in [-0.05, 0) is 20.3 Å². The Bertz CT molecular complexity index is 243. The van der Waals surface area contributed by atoms with Crippen LogP contribution in [0.2, 0.25) is 0 Å². The SMILES string of the molecule is C=CCC(C)NC(C)c1nccs1. The van der Waals surface area contributed by atoms with Crippen LogP contribution in [-0.2, 0) is 0 Å². The fourth-order valence-corrected chi connectivity index (χ4v) is 1.92. The van der Waals surface area contributed by atoms with Crippen molar-refractivity contribution in [2.45, 2.75) is 32.4 Å². The molecule has 0 bridgehead atoms. The number of hydrogen-bond acceptors (Lipinski definition) is 3. The summed E-state index contributed by atoms with van der Waals surface area (Å²) in [5.74, 6) is 0. The largest absolute Gasteiger partial charge is 0.305 e. The molecule has 0 saturated heterocycles. The van der Waals surface area contributed by atoms with Crippen molar-refractivity contribution in [1.29, 1.82) is 0 Å². The van der Waals surface area contributed by atoms with E-state index < -0.39 is 0 Å². The van der Waals surface area contributed by atoms with Crippen LogP contribution in [0, 0.1) is 0 Å². The smallest absolute Gasteiger partial charge is 0.109 e. The number of aromatic nitrogens is 1. The maximum Gasteiger partial charge on any atom is 0.109 e. The molecular weight excluding hydrogens is 180 g/mol. The van der Waals surface area contributed by atoms with Crippen LogP contribution < -0.4 is 5.32 Å². The first kappa shape index (κ1) is 10.4. The van der Waals surface area contributed by atoms with Crippen molar-refractivity contribution in [3.63, 3.8) is 0 Å². The molecule has 0 aliphatic heterocycles. The standard InChI is InChI=1S/C10H16N2S/c1-4-5-8(2)12-9(3)10-11-6-7-13-10/h4,6-9,12H,1,5H2,2-3H3. The zero-order valence-electron chi connectivity index (χ0n) is 8.16. The zero-order chi connectivity index (χ0) is 9.68. The third-order valence-corrected chi connectivity index (χ3v) is 2.83. The van der Waals surface area contributed by atoms with Gasteiger partial charge in [0, 0.05) is 17.6 Å². The minimum Gasteiger partial charge on any atom is -0.305 e. The lowest BCUT2D eigenvalue weighted by Crippen LogP contribution is -2.28. The maximum atomic E-state index is 4.26. The monoisotopic (exact) mass is 196 g/mol. The van der Waals surface area contributed by atoms with E-state index in [2.05, 4.69) is 30.7 Å². The van der Waals surface area contributed by atoms with Crippen LogP contribution in [0.5, 0.6) is 0 Å². The van der Waals surface area contributed by atoms with Gasteiger partial charge in [0.05, 0.1) is 6.04 Å². The van der Waals surface area contributed by atoms with Gasteiger partial charge in [0.2, 0.25) is 0 Å². The highest BCUT2D eigenvalue weighted by Crippen LogP contribution is 2.15. The number of hydrogen-bond donors (Lipinski definition) is 1. The molecule has 0 spiro atoms.